The first-order valence-electron chi connectivity index (χ1n) is 8.93. The summed E-state index contributed by atoms with van der Waals surface area (Å²) in [7, 11) is 4.33. The third-order valence-electron chi connectivity index (χ3n) is 4.13. The smallest absolute Gasteiger partial charge is 0.360 e. The van der Waals surface area contributed by atoms with E-state index in [1.165, 1.54) is 27.6 Å². The van der Waals surface area contributed by atoms with Gasteiger partial charge in [-0.05, 0) is 24.5 Å². The van der Waals surface area contributed by atoms with Crippen LogP contribution in [0, 0.1) is 5.92 Å². The van der Waals surface area contributed by atoms with Gasteiger partial charge in [0.2, 0.25) is 5.89 Å². The lowest BCUT2D eigenvalue weighted by atomic mass is 10.1. The zero-order valence-electron chi connectivity index (χ0n) is 16.9. The van der Waals surface area contributed by atoms with Gasteiger partial charge in [0.15, 0.2) is 5.69 Å². The highest BCUT2D eigenvalue weighted by atomic mass is 16.5. The first-order valence-corrected chi connectivity index (χ1v) is 8.93. The summed E-state index contributed by atoms with van der Waals surface area (Å²) in [6.07, 6.45) is 2.03. The van der Waals surface area contributed by atoms with Crippen molar-refractivity contribution in [3.63, 3.8) is 0 Å². The molecule has 1 aromatic heterocycles. The summed E-state index contributed by atoms with van der Waals surface area (Å²) < 4.78 is 20.5. The van der Waals surface area contributed by atoms with Crippen molar-refractivity contribution in [2.45, 2.75) is 26.8 Å². The van der Waals surface area contributed by atoms with E-state index in [1.54, 1.807) is 23.1 Å². The number of rotatable bonds is 9. The first-order chi connectivity index (χ1) is 13.4. The van der Waals surface area contributed by atoms with Crippen molar-refractivity contribution >= 4 is 11.9 Å². The van der Waals surface area contributed by atoms with Gasteiger partial charge in [0.1, 0.15) is 17.8 Å². The molecular formula is C20H26N2O6. The predicted octanol–water partition coefficient (Wildman–Crippen LogP) is 3.17. The van der Waals surface area contributed by atoms with Crippen LogP contribution in [0.25, 0.3) is 0 Å². The van der Waals surface area contributed by atoms with Crippen molar-refractivity contribution in [2.75, 3.05) is 27.9 Å². The highest BCUT2D eigenvalue weighted by Crippen LogP contribution is 2.24. The molecule has 28 heavy (non-hydrogen) atoms. The second kappa shape index (κ2) is 9.77. The highest BCUT2D eigenvalue weighted by molar-refractivity contribution is 5.95. The second-order valence-electron chi connectivity index (χ2n) is 6.63. The maximum atomic E-state index is 13.1. The fourth-order valence-electron chi connectivity index (χ4n) is 2.53. The van der Waals surface area contributed by atoms with E-state index >= 15 is 0 Å². The molecule has 0 bridgehead atoms. The minimum atomic E-state index is -0.590. The normalized spacial score (nSPS) is 10.6. The van der Waals surface area contributed by atoms with Crippen LogP contribution in [0.1, 0.15) is 47.0 Å². The summed E-state index contributed by atoms with van der Waals surface area (Å²) in [5.41, 5.74) is 0.497. The number of carbonyl (C=O) groups is 2. The molecule has 0 atom stereocenters. The number of hydrogen-bond donors (Lipinski definition) is 0. The summed E-state index contributed by atoms with van der Waals surface area (Å²) in [5, 5.41) is 0. The Bertz CT molecular complexity index is 793. The molecule has 1 amide bonds. The minimum Gasteiger partial charge on any atom is -0.497 e. The molecule has 1 aromatic carbocycles. The molecule has 152 valence electrons. The number of amides is 1. The molecule has 0 aliphatic carbocycles. The molecular weight excluding hydrogens is 364 g/mol. The summed E-state index contributed by atoms with van der Waals surface area (Å²) in [5.74, 6) is 0.909. The lowest BCUT2D eigenvalue weighted by Gasteiger charge is -2.22. The van der Waals surface area contributed by atoms with Crippen LogP contribution >= 0.6 is 0 Å². The van der Waals surface area contributed by atoms with Gasteiger partial charge < -0.3 is 23.5 Å². The number of aromatic nitrogens is 1. The maximum absolute atomic E-state index is 13.1. The zero-order chi connectivity index (χ0) is 20.7. The molecule has 0 saturated heterocycles. The molecule has 1 heterocycles. The average Bonchev–Trinajstić information content (AvgIpc) is 3.17. The first kappa shape index (κ1) is 21.3. The van der Waals surface area contributed by atoms with Gasteiger partial charge in [-0.1, -0.05) is 13.8 Å². The largest absolute Gasteiger partial charge is 0.497 e. The molecule has 2 rings (SSSR count). The molecule has 0 aliphatic heterocycles. The molecule has 0 aliphatic rings. The standard InChI is InChI=1S/C20H26N2O6/c1-13(2)6-7-22(11-18-21-17(12-28-18)20(24)27-5)19(23)14-8-15(25-3)10-16(9-14)26-4/h8-10,12-13H,6-7,11H2,1-5H3. The van der Waals surface area contributed by atoms with Gasteiger partial charge in [0.05, 0.1) is 27.9 Å². The van der Waals surface area contributed by atoms with Gasteiger partial charge in [-0.25, -0.2) is 9.78 Å². The Morgan fingerprint density at radius 1 is 1.11 bits per heavy atom. The fraction of sp³-hybridized carbons (Fsp3) is 0.450. The SMILES string of the molecule is COC(=O)c1coc(CN(CCC(C)C)C(=O)c2cc(OC)cc(OC)c2)n1. The third kappa shape index (κ3) is 5.48. The van der Waals surface area contributed by atoms with Crippen LogP contribution < -0.4 is 9.47 Å². The number of esters is 1. The average molecular weight is 390 g/mol. The van der Waals surface area contributed by atoms with E-state index in [9.17, 15) is 9.59 Å². The van der Waals surface area contributed by atoms with Gasteiger partial charge in [0, 0.05) is 18.2 Å². The Kier molecular flexibility index (Phi) is 7.43. The topological polar surface area (TPSA) is 91.1 Å². The Morgan fingerprint density at radius 2 is 1.75 bits per heavy atom. The number of oxazole rings is 1. The van der Waals surface area contributed by atoms with Crippen molar-refractivity contribution in [1.29, 1.82) is 0 Å². The molecule has 0 fully saturated rings. The van der Waals surface area contributed by atoms with Crippen molar-refractivity contribution in [3.8, 4) is 11.5 Å². The van der Waals surface area contributed by atoms with Crippen molar-refractivity contribution < 1.29 is 28.2 Å². The van der Waals surface area contributed by atoms with Crippen LogP contribution in [0.3, 0.4) is 0 Å². The maximum Gasteiger partial charge on any atom is 0.360 e. The van der Waals surface area contributed by atoms with E-state index < -0.39 is 5.97 Å². The zero-order valence-corrected chi connectivity index (χ0v) is 16.9. The van der Waals surface area contributed by atoms with Crippen LogP contribution in [0.2, 0.25) is 0 Å². The van der Waals surface area contributed by atoms with E-state index in [1.807, 2.05) is 0 Å². The monoisotopic (exact) mass is 390 g/mol. The van der Waals surface area contributed by atoms with E-state index in [2.05, 4.69) is 23.6 Å². The van der Waals surface area contributed by atoms with Crippen LogP contribution in [0.15, 0.2) is 28.9 Å². The molecule has 8 heteroatoms. The van der Waals surface area contributed by atoms with Crippen molar-refractivity contribution in [1.82, 2.24) is 9.88 Å². The predicted molar refractivity (Wildman–Crippen MR) is 102 cm³/mol. The lowest BCUT2D eigenvalue weighted by Crippen LogP contribution is -2.32. The third-order valence-corrected chi connectivity index (χ3v) is 4.13. The second-order valence-corrected chi connectivity index (χ2v) is 6.63. The molecule has 0 N–H and O–H groups in total. The highest BCUT2D eigenvalue weighted by Gasteiger charge is 2.21. The molecule has 0 saturated carbocycles. The van der Waals surface area contributed by atoms with Crippen LogP contribution in [0.4, 0.5) is 0 Å². The number of benzene rings is 1. The van der Waals surface area contributed by atoms with Gasteiger partial charge >= 0.3 is 5.97 Å². The number of ether oxygens (including phenoxy) is 3. The molecule has 0 radical (unpaired) electrons. The van der Waals surface area contributed by atoms with Crippen LogP contribution in [-0.2, 0) is 11.3 Å². The molecule has 8 nitrogen and oxygen atoms in total. The number of carbonyl (C=O) groups excluding carboxylic acids is 2. The van der Waals surface area contributed by atoms with Crippen molar-refractivity contribution in [3.05, 3.63) is 41.6 Å². The number of nitrogens with zero attached hydrogens (tertiary/aromatic N) is 2. The quantitative estimate of drug-likeness (QED) is 0.607. The van der Waals surface area contributed by atoms with E-state index in [0.29, 0.717) is 29.5 Å². The lowest BCUT2D eigenvalue weighted by molar-refractivity contribution is 0.0594. The van der Waals surface area contributed by atoms with Gasteiger partial charge in [0.25, 0.3) is 5.91 Å². The molecule has 0 unspecified atom stereocenters. The molecule has 0 spiro atoms. The number of hydrogen-bond acceptors (Lipinski definition) is 7. The van der Waals surface area contributed by atoms with E-state index in [4.69, 9.17) is 13.9 Å². The summed E-state index contributed by atoms with van der Waals surface area (Å²) in [4.78, 5) is 30.5. The Labute approximate surface area is 164 Å². The van der Waals surface area contributed by atoms with E-state index in [-0.39, 0.29) is 24.0 Å². The summed E-state index contributed by atoms with van der Waals surface area (Å²) >= 11 is 0. The minimum absolute atomic E-state index is 0.0665. The Hall–Kier alpha value is -3.03. The van der Waals surface area contributed by atoms with Gasteiger partial charge in [-0.2, -0.15) is 0 Å². The van der Waals surface area contributed by atoms with Crippen molar-refractivity contribution in [2.24, 2.45) is 5.92 Å². The Morgan fingerprint density at radius 3 is 2.29 bits per heavy atom. The van der Waals surface area contributed by atoms with E-state index in [0.717, 1.165) is 6.42 Å². The van der Waals surface area contributed by atoms with Gasteiger partial charge in [-0.3, -0.25) is 4.79 Å². The van der Waals surface area contributed by atoms with Gasteiger partial charge in [-0.15, -0.1) is 0 Å². The number of methoxy groups -OCH3 is 3. The fourth-order valence-corrected chi connectivity index (χ4v) is 2.53. The Balaban J connectivity index is 2.28. The summed E-state index contributed by atoms with van der Waals surface area (Å²) in [6, 6.07) is 5.01. The van der Waals surface area contributed by atoms with Crippen LogP contribution in [-0.4, -0.2) is 49.6 Å². The summed E-state index contributed by atoms with van der Waals surface area (Å²) in [6.45, 7) is 4.80. The van der Waals surface area contributed by atoms with Crippen LogP contribution in [0.5, 0.6) is 11.5 Å². The molecule has 2 aromatic rings.